The molecule has 1 aliphatic heterocycles. The first kappa shape index (κ1) is 7.47. The van der Waals surface area contributed by atoms with Crippen LogP contribution in [0.3, 0.4) is 0 Å². The van der Waals surface area contributed by atoms with E-state index in [1.54, 1.807) is 0 Å². The number of nitrogens with zero attached hydrogens (tertiary/aromatic N) is 1. The summed E-state index contributed by atoms with van der Waals surface area (Å²) >= 11 is 0. The predicted molar refractivity (Wildman–Crippen MR) is 33.2 cm³/mol. The molecule has 58 valence electrons. The number of aliphatic hydroxyl groups excluding tert-OH is 1. The number of hydrogen-bond acceptors (Lipinski definition) is 2. The van der Waals surface area contributed by atoms with Crippen LogP contribution < -0.4 is 0 Å². The summed E-state index contributed by atoms with van der Waals surface area (Å²) < 4.78 is 12.1. The molecule has 1 rings (SSSR count). The number of aliphatic hydroxyl groups is 1. The van der Waals surface area contributed by atoms with Gasteiger partial charge in [-0.25, -0.2) is 4.39 Å². The minimum atomic E-state index is -0.993. The van der Waals surface area contributed by atoms with Gasteiger partial charge in [-0.3, -0.25) is 4.79 Å². The first-order chi connectivity index (χ1) is 4.61. The summed E-state index contributed by atoms with van der Waals surface area (Å²) in [6, 6.07) is 0. The van der Waals surface area contributed by atoms with Crippen molar-refractivity contribution in [1.82, 2.24) is 4.90 Å². The van der Waals surface area contributed by atoms with Crippen molar-refractivity contribution in [3.05, 3.63) is 0 Å². The highest BCUT2D eigenvalue weighted by Crippen LogP contribution is 2.11. The Morgan fingerprint density at radius 1 is 1.80 bits per heavy atom. The summed E-state index contributed by atoms with van der Waals surface area (Å²) in [5.74, 6) is -0.381. The van der Waals surface area contributed by atoms with Gasteiger partial charge in [-0.2, -0.15) is 0 Å². The van der Waals surface area contributed by atoms with Gasteiger partial charge < -0.3 is 10.0 Å². The van der Waals surface area contributed by atoms with E-state index in [2.05, 4.69) is 0 Å². The Hall–Kier alpha value is -0.640. The third-order valence-electron chi connectivity index (χ3n) is 1.51. The van der Waals surface area contributed by atoms with E-state index in [4.69, 9.17) is 5.11 Å². The van der Waals surface area contributed by atoms with Crippen LogP contribution in [0.15, 0.2) is 0 Å². The van der Waals surface area contributed by atoms with Crippen molar-refractivity contribution in [1.29, 1.82) is 0 Å². The molecule has 0 aromatic rings. The second kappa shape index (κ2) is 2.54. The average molecular weight is 147 g/mol. The quantitative estimate of drug-likeness (QED) is 0.545. The number of alkyl halides is 1. The summed E-state index contributed by atoms with van der Waals surface area (Å²) in [5.41, 5.74) is 0. The molecule has 0 aromatic heterocycles. The topological polar surface area (TPSA) is 40.5 Å². The maximum atomic E-state index is 12.1. The highest BCUT2D eigenvalue weighted by molar-refractivity contribution is 5.81. The molecule has 4 heteroatoms. The van der Waals surface area contributed by atoms with Crippen LogP contribution in [0.1, 0.15) is 6.92 Å². The van der Waals surface area contributed by atoms with E-state index in [0.717, 1.165) is 0 Å². The van der Waals surface area contributed by atoms with E-state index in [9.17, 15) is 9.18 Å². The smallest absolute Gasteiger partial charge is 0.251 e. The lowest BCUT2D eigenvalue weighted by Crippen LogP contribution is -2.54. The SMILES string of the molecule is CC(O)C(=O)N1CC(F)C1. The minimum absolute atomic E-state index is 0.143. The second-order valence-corrected chi connectivity index (χ2v) is 2.52. The van der Waals surface area contributed by atoms with Gasteiger partial charge in [0.15, 0.2) is 0 Å². The lowest BCUT2D eigenvalue weighted by atomic mass is 10.1. The predicted octanol–water partition coefficient (Wildman–Crippen LogP) is -0.453. The molecule has 0 aliphatic carbocycles. The van der Waals surface area contributed by atoms with E-state index >= 15 is 0 Å². The Morgan fingerprint density at radius 2 is 2.30 bits per heavy atom. The molecule has 1 amide bonds. The molecule has 0 spiro atoms. The third kappa shape index (κ3) is 1.26. The second-order valence-electron chi connectivity index (χ2n) is 2.52. The molecule has 0 saturated carbocycles. The van der Waals surface area contributed by atoms with Crippen molar-refractivity contribution in [2.45, 2.75) is 19.2 Å². The Morgan fingerprint density at radius 3 is 2.60 bits per heavy atom. The lowest BCUT2D eigenvalue weighted by Gasteiger charge is -2.35. The van der Waals surface area contributed by atoms with E-state index in [-0.39, 0.29) is 19.0 Å². The molecule has 0 bridgehead atoms. The Kier molecular flexibility index (Phi) is 1.89. The van der Waals surface area contributed by atoms with Crippen molar-refractivity contribution in [3.8, 4) is 0 Å². The molecule has 1 atom stereocenters. The van der Waals surface area contributed by atoms with Crippen LogP contribution >= 0.6 is 0 Å². The zero-order chi connectivity index (χ0) is 7.72. The highest BCUT2D eigenvalue weighted by atomic mass is 19.1. The Bertz CT molecular complexity index is 143. The zero-order valence-electron chi connectivity index (χ0n) is 5.75. The van der Waals surface area contributed by atoms with Gasteiger partial charge in [-0.15, -0.1) is 0 Å². The molecule has 1 unspecified atom stereocenters. The van der Waals surface area contributed by atoms with E-state index in [1.165, 1.54) is 11.8 Å². The van der Waals surface area contributed by atoms with Crippen LogP contribution in [-0.2, 0) is 4.79 Å². The molecule has 3 nitrogen and oxygen atoms in total. The van der Waals surface area contributed by atoms with Crippen molar-refractivity contribution >= 4 is 5.91 Å². The van der Waals surface area contributed by atoms with Crippen LogP contribution in [0.4, 0.5) is 4.39 Å². The maximum absolute atomic E-state index is 12.1. The number of halogens is 1. The standard InChI is InChI=1S/C6H10FNO2/c1-4(9)6(10)8-2-5(7)3-8/h4-5,9H,2-3H2,1H3. The monoisotopic (exact) mass is 147 g/mol. The van der Waals surface area contributed by atoms with Gasteiger partial charge in [0.05, 0.1) is 13.1 Å². The van der Waals surface area contributed by atoms with E-state index < -0.39 is 12.3 Å². The summed E-state index contributed by atoms with van der Waals surface area (Å²) in [4.78, 5) is 12.1. The number of amides is 1. The van der Waals surface area contributed by atoms with Crippen molar-refractivity contribution in [2.75, 3.05) is 13.1 Å². The Balaban J connectivity index is 2.31. The number of carbonyl (C=O) groups excluding carboxylic acids is 1. The number of carbonyl (C=O) groups is 1. The lowest BCUT2D eigenvalue weighted by molar-refractivity contribution is -0.146. The fourth-order valence-corrected chi connectivity index (χ4v) is 0.869. The number of likely N-dealkylation sites (tertiary alicyclic amines) is 1. The minimum Gasteiger partial charge on any atom is -0.384 e. The van der Waals surface area contributed by atoms with Gasteiger partial charge in [0.25, 0.3) is 5.91 Å². The summed E-state index contributed by atoms with van der Waals surface area (Å²) in [6.45, 7) is 1.67. The van der Waals surface area contributed by atoms with Crippen LogP contribution in [0, 0.1) is 0 Å². The highest BCUT2D eigenvalue weighted by Gasteiger charge is 2.31. The van der Waals surface area contributed by atoms with Gasteiger partial charge in [-0.1, -0.05) is 0 Å². The van der Waals surface area contributed by atoms with Crippen LogP contribution in [0.25, 0.3) is 0 Å². The summed E-state index contributed by atoms with van der Waals surface area (Å²) in [7, 11) is 0. The van der Waals surface area contributed by atoms with Crippen molar-refractivity contribution in [3.63, 3.8) is 0 Å². The zero-order valence-corrected chi connectivity index (χ0v) is 5.75. The van der Waals surface area contributed by atoms with Gasteiger partial charge in [0.1, 0.15) is 12.3 Å². The van der Waals surface area contributed by atoms with Crippen LogP contribution in [-0.4, -0.2) is 41.3 Å². The average Bonchev–Trinajstić information content (AvgIpc) is 1.79. The van der Waals surface area contributed by atoms with Gasteiger partial charge >= 0.3 is 0 Å². The molecule has 1 heterocycles. The first-order valence-electron chi connectivity index (χ1n) is 3.22. The van der Waals surface area contributed by atoms with Crippen molar-refractivity contribution in [2.24, 2.45) is 0 Å². The van der Waals surface area contributed by atoms with Crippen LogP contribution in [0.5, 0.6) is 0 Å². The molecule has 0 aromatic carbocycles. The van der Waals surface area contributed by atoms with E-state index in [0.29, 0.717) is 0 Å². The van der Waals surface area contributed by atoms with Crippen molar-refractivity contribution < 1.29 is 14.3 Å². The summed E-state index contributed by atoms with van der Waals surface area (Å²) in [5, 5.41) is 8.73. The largest absolute Gasteiger partial charge is 0.384 e. The molecule has 1 aliphatic rings. The molecule has 10 heavy (non-hydrogen) atoms. The third-order valence-corrected chi connectivity index (χ3v) is 1.51. The van der Waals surface area contributed by atoms with E-state index in [1.807, 2.05) is 0 Å². The molecular weight excluding hydrogens is 137 g/mol. The molecular formula is C6H10FNO2. The van der Waals surface area contributed by atoms with Gasteiger partial charge in [0.2, 0.25) is 0 Å². The van der Waals surface area contributed by atoms with Gasteiger partial charge in [-0.05, 0) is 6.92 Å². The molecule has 1 N–H and O–H groups in total. The fraction of sp³-hybridized carbons (Fsp3) is 0.833. The first-order valence-corrected chi connectivity index (χ1v) is 3.22. The normalized spacial score (nSPS) is 22.1. The van der Waals surface area contributed by atoms with Crippen LogP contribution in [0.2, 0.25) is 0 Å². The fourth-order valence-electron chi connectivity index (χ4n) is 0.869. The Labute approximate surface area is 58.4 Å². The van der Waals surface area contributed by atoms with Gasteiger partial charge in [0, 0.05) is 0 Å². The molecule has 1 saturated heterocycles. The maximum Gasteiger partial charge on any atom is 0.251 e. The number of hydrogen-bond donors (Lipinski definition) is 1. The molecule has 0 radical (unpaired) electrons. The molecule has 1 fully saturated rings. The number of rotatable bonds is 1. The summed E-state index contributed by atoms with van der Waals surface area (Å²) in [6.07, 6.45) is -1.88.